The molecule has 12 heteroatoms. The molecule has 56 heavy (non-hydrogen) atoms. The Morgan fingerprint density at radius 3 is 2.09 bits per heavy atom. The Morgan fingerprint density at radius 1 is 0.821 bits per heavy atom. The molecule has 0 radical (unpaired) electrons. The molecule has 19 unspecified atom stereocenters. The Kier molecular flexibility index (Phi) is 18.0. The molecule has 3 aliphatic heterocycles. The number of fused-ring (bicyclic) bond motifs is 2. The first-order chi connectivity index (χ1) is 26.1. The minimum absolute atomic E-state index is 0.176. The lowest BCUT2D eigenvalue weighted by Crippen LogP contribution is -2.62. The zero-order valence-electron chi connectivity index (χ0n) is 35.4. The number of esters is 1. The predicted molar refractivity (Wildman–Crippen MR) is 213 cm³/mol. The second kappa shape index (κ2) is 20.8. The first kappa shape index (κ1) is 48.4. The average molecular weight is 795 g/mol. The molecule has 0 saturated carbocycles. The molecule has 2 bridgehead atoms. The van der Waals surface area contributed by atoms with Crippen molar-refractivity contribution in [3.05, 3.63) is 36.5 Å². The first-order valence-electron chi connectivity index (χ1n) is 21.0. The van der Waals surface area contributed by atoms with Crippen molar-refractivity contribution >= 4 is 11.8 Å². The first-order valence-corrected chi connectivity index (χ1v) is 21.0. The van der Waals surface area contributed by atoms with Gasteiger partial charge in [-0.2, -0.15) is 0 Å². The summed E-state index contributed by atoms with van der Waals surface area (Å²) in [5.74, 6) is -6.15. The van der Waals surface area contributed by atoms with E-state index in [0.717, 1.165) is 26.2 Å². The lowest BCUT2D eigenvalue weighted by Gasteiger charge is -2.55. The van der Waals surface area contributed by atoms with Gasteiger partial charge in [0.05, 0.1) is 42.7 Å². The zero-order chi connectivity index (χ0) is 42.3. The fraction of sp³-hybridized carbons (Fsp3) is 0.818. The maximum Gasteiger partial charge on any atom is 0.330 e. The molecular weight excluding hydrogens is 720 g/mol. The van der Waals surface area contributed by atoms with Crippen molar-refractivity contribution in [3.63, 3.8) is 0 Å². The quantitative estimate of drug-likeness (QED) is 0.199. The normalized spacial score (nSPS) is 48.1. The van der Waals surface area contributed by atoms with E-state index in [1.807, 2.05) is 32.1 Å². The lowest BCUT2D eigenvalue weighted by atomic mass is 9.74. The summed E-state index contributed by atoms with van der Waals surface area (Å²) >= 11 is 0. The number of carbonyl (C=O) groups excluding carboxylic acids is 2. The predicted octanol–water partition coefficient (Wildman–Crippen LogP) is 4.40. The molecule has 0 aromatic rings. The van der Waals surface area contributed by atoms with E-state index >= 15 is 0 Å². The van der Waals surface area contributed by atoms with Gasteiger partial charge < -0.3 is 50.0 Å². The van der Waals surface area contributed by atoms with Crippen LogP contribution in [0.4, 0.5) is 0 Å². The lowest BCUT2D eigenvalue weighted by molar-refractivity contribution is -0.371. The molecule has 3 aliphatic rings. The molecule has 2 fully saturated rings. The van der Waals surface area contributed by atoms with E-state index in [1.165, 1.54) is 19.1 Å². The molecule has 19 atom stereocenters. The van der Waals surface area contributed by atoms with Crippen molar-refractivity contribution < 1.29 is 59.5 Å². The van der Waals surface area contributed by atoms with Crippen LogP contribution in [0.2, 0.25) is 0 Å². The molecule has 0 aromatic carbocycles. The van der Waals surface area contributed by atoms with Gasteiger partial charge >= 0.3 is 5.97 Å². The van der Waals surface area contributed by atoms with Gasteiger partial charge in [-0.3, -0.25) is 4.79 Å². The molecular formula is C44H74O12. The summed E-state index contributed by atoms with van der Waals surface area (Å²) in [4.78, 5) is 26.8. The van der Waals surface area contributed by atoms with E-state index in [-0.39, 0.29) is 35.9 Å². The van der Waals surface area contributed by atoms with Crippen molar-refractivity contribution in [2.24, 2.45) is 47.3 Å². The van der Waals surface area contributed by atoms with Gasteiger partial charge in [0, 0.05) is 42.1 Å². The molecule has 0 aromatic heterocycles. The van der Waals surface area contributed by atoms with Crippen LogP contribution < -0.4 is 0 Å². The van der Waals surface area contributed by atoms with Gasteiger partial charge in [0.1, 0.15) is 17.8 Å². The van der Waals surface area contributed by atoms with Crippen molar-refractivity contribution in [2.75, 3.05) is 0 Å². The number of ketones is 1. The fourth-order valence-corrected chi connectivity index (χ4v) is 8.86. The summed E-state index contributed by atoms with van der Waals surface area (Å²) in [6.45, 7) is 17.4. The summed E-state index contributed by atoms with van der Waals surface area (Å²) in [6.07, 6.45) is 5.29. The molecule has 12 nitrogen and oxygen atoms in total. The molecule has 2 saturated heterocycles. The Balaban J connectivity index is 1.98. The number of carbonyl (C=O) groups is 2. The number of rotatable bonds is 3. The van der Waals surface area contributed by atoms with Crippen LogP contribution in [0.25, 0.3) is 0 Å². The van der Waals surface area contributed by atoms with Crippen LogP contribution in [0.3, 0.4) is 0 Å². The minimum Gasteiger partial charge on any atom is -0.458 e. The van der Waals surface area contributed by atoms with E-state index in [4.69, 9.17) is 14.2 Å². The van der Waals surface area contributed by atoms with Crippen LogP contribution >= 0.6 is 0 Å². The van der Waals surface area contributed by atoms with Crippen molar-refractivity contribution in [3.8, 4) is 0 Å². The van der Waals surface area contributed by atoms with Gasteiger partial charge in [-0.05, 0) is 70.1 Å². The molecule has 0 amide bonds. The van der Waals surface area contributed by atoms with Gasteiger partial charge in [0.25, 0.3) is 0 Å². The number of aliphatic hydroxyl groups excluding tert-OH is 6. The SMILES string of the molecule is CCC1/C=C/C=C/CC(C)C(O)C(C)(O)C(=O)C(O)C(O)C(C)C(O)C(C)C(O)C(C)/C=C/C(=O)OC2C(C)C(CC1)OC1(CCC(C)C(CC(C)O)O1)C2C. The van der Waals surface area contributed by atoms with Crippen molar-refractivity contribution in [1.29, 1.82) is 0 Å². The minimum atomic E-state index is -2.40. The second-order valence-electron chi connectivity index (χ2n) is 17.9. The van der Waals surface area contributed by atoms with Crippen LogP contribution in [-0.4, -0.2) is 114 Å². The standard InChI is InChI=1S/C44H74O12/c1-11-32-16-14-12-13-15-26(4)41(51)43(10,53)42(52)39(50)38(49)30(8)37(48)29(7)36(47)25(3)17-20-35(46)54-40-28(6)33(19-18-32)55-44(31(40)9)22-21-24(2)34(56-44)23-27(5)45/h12-14,16-17,20,24-34,36-41,45,47-51,53H,11,15,18-19,21-23H2,1-10H3/b13-12+,16-14+,20-17+. The zero-order valence-corrected chi connectivity index (χ0v) is 35.4. The van der Waals surface area contributed by atoms with E-state index in [9.17, 15) is 45.3 Å². The Morgan fingerprint density at radius 2 is 1.46 bits per heavy atom. The number of Topliss-reactive ketones (excluding diaryl/α,β-unsaturated/α-hetero) is 1. The smallest absolute Gasteiger partial charge is 0.330 e. The van der Waals surface area contributed by atoms with Gasteiger partial charge in [-0.1, -0.05) is 85.8 Å². The van der Waals surface area contributed by atoms with Crippen LogP contribution in [0.15, 0.2) is 36.5 Å². The van der Waals surface area contributed by atoms with Crippen LogP contribution in [0, 0.1) is 47.3 Å². The third-order valence-corrected chi connectivity index (χ3v) is 13.3. The molecule has 0 aliphatic carbocycles. The van der Waals surface area contributed by atoms with Gasteiger partial charge in [0.15, 0.2) is 11.6 Å². The Labute approximate surface area is 335 Å². The van der Waals surface area contributed by atoms with Gasteiger partial charge in [-0.15, -0.1) is 0 Å². The molecule has 3 heterocycles. The molecule has 7 N–H and O–H groups in total. The number of hydrogen-bond acceptors (Lipinski definition) is 12. The topological polar surface area (TPSA) is 203 Å². The Bertz CT molecular complexity index is 1340. The maximum atomic E-state index is 13.5. The largest absolute Gasteiger partial charge is 0.458 e. The van der Waals surface area contributed by atoms with Gasteiger partial charge in [-0.25, -0.2) is 4.79 Å². The molecule has 3 rings (SSSR count). The highest BCUT2D eigenvalue weighted by molar-refractivity contribution is 5.91. The Hall–Kier alpha value is -2.00. The number of allylic oxidation sites excluding steroid dienone is 4. The van der Waals surface area contributed by atoms with Crippen LogP contribution in [0.5, 0.6) is 0 Å². The van der Waals surface area contributed by atoms with Crippen molar-refractivity contribution in [1.82, 2.24) is 0 Å². The highest BCUT2D eigenvalue weighted by atomic mass is 16.7. The monoisotopic (exact) mass is 795 g/mol. The summed E-state index contributed by atoms with van der Waals surface area (Å²) < 4.78 is 20.0. The number of ether oxygens (including phenoxy) is 3. The van der Waals surface area contributed by atoms with E-state index < -0.39 is 89.5 Å². The summed E-state index contributed by atoms with van der Waals surface area (Å²) in [6, 6.07) is 0. The van der Waals surface area contributed by atoms with E-state index in [1.54, 1.807) is 27.7 Å². The average Bonchev–Trinajstić information content (AvgIpc) is 3.16. The summed E-state index contributed by atoms with van der Waals surface area (Å²) in [7, 11) is 0. The van der Waals surface area contributed by atoms with E-state index in [2.05, 4.69) is 19.9 Å². The fourth-order valence-electron chi connectivity index (χ4n) is 8.86. The molecule has 1 spiro atoms. The van der Waals surface area contributed by atoms with Crippen LogP contribution in [0.1, 0.15) is 114 Å². The molecule has 322 valence electrons. The summed E-state index contributed by atoms with van der Waals surface area (Å²) in [5.41, 5.74) is -2.40. The third kappa shape index (κ3) is 11.6. The second-order valence-corrected chi connectivity index (χ2v) is 17.9. The van der Waals surface area contributed by atoms with Gasteiger partial charge in [0.2, 0.25) is 0 Å². The highest BCUT2D eigenvalue weighted by Crippen LogP contribution is 2.49. The summed E-state index contributed by atoms with van der Waals surface area (Å²) in [5, 5.41) is 76.6. The number of aliphatic hydroxyl groups is 7. The third-order valence-electron chi connectivity index (χ3n) is 13.3. The highest BCUT2D eigenvalue weighted by Gasteiger charge is 2.56. The maximum absolute atomic E-state index is 13.5. The van der Waals surface area contributed by atoms with Crippen LogP contribution in [-0.2, 0) is 23.8 Å². The van der Waals surface area contributed by atoms with Crippen molar-refractivity contribution in [2.45, 2.75) is 181 Å². The van der Waals surface area contributed by atoms with E-state index in [0.29, 0.717) is 25.7 Å². The number of hydrogen-bond donors (Lipinski definition) is 7.